The van der Waals surface area contributed by atoms with Gasteiger partial charge in [-0.15, -0.1) is 0 Å². The summed E-state index contributed by atoms with van der Waals surface area (Å²) in [5.74, 6) is -0.782. The summed E-state index contributed by atoms with van der Waals surface area (Å²) < 4.78 is 16.8. The summed E-state index contributed by atoms with van der Waals surface area (Å²) in [4.78, 5) is 22.7. The standard InChI is InChI=1S/C18H17BrClFN6O/c1-26(2)17(28)16-12(11-8-22-6-3-7-27(11)25-16)14-9-4-5-10(19)13(21)15(9)24-18(20)23-14/h4-5,22H,3,6-8H2,1-2H3. The summed E-state index contributed by atoms with van der Waals surface area (Å²) in [6.45, 7) is 2.03. The van der Waals surface area contributed by atoms with Crippen LogP contribution < -0.4 is 5.32 Å². The highest BCUT2D eigenvalue weighted by atomic mass is 79.9. The molecule has 1 amide bonds. The number of nitrogens with one attached hydrogen (secondary N) is 1. The van der Waals surface area contributed by atoms with Crippen LogP contribution in [0.2, 0.25) is 5.28 Å². The van der Waals surface area contributed by atoms with Crippen molar-refractivity contribution in [3.8, 4) is 11.3 Å². The summed E-state index contributed by atoms with van der Waals surface area (Å²) in [5.41, 5.74) is 2.14. The molecule has 1 aliphatic heterocycles. The fourth-order valence-corrected chi connectivity index (χ4v) is 3.82. The number of amides is 1. The number of carbonyl (C=O) groups is 1. The van der Waals surface area contributed by atoms with Gasteiger partial charge in [-0.1, -0.05) is 0 Å². The minimum atomic E-state index is -0.528. The van der Waals surface area contributed by atoms with Gasteiger partial charge in [-0.2, -0.15) is 5.10 Å². The fraction of sp³-hybridized carbons (Fsp3) is 0.333. The molecule has 146 valence electrons. The van der Waals surface area contributed by atoms with Crippen LogP contribution in [0.4, 0.5) is 4.39 Å². The lowest BCUT2D eigenvalue weighted by Crippen LogP contribution is -2.23. The molecule has 0 unspecified atom stereocenters. The van der Waals surface area contributed by atoms with Gasteiger partial charge in [-0.3, -0.25) is 9.48 Å². The number of rotatable bonds is 2. The van der Waals surface area contributed by atoms with Gasteiger partial charge in [-0.05, 0) is 52.6 Å². The van der Waals surface area contributed by atoms with Crippen LogP contribution in [-0.2, 0) is 13.1 Å². The van der Waals surface area contributed by atoms with Crippen molar-refractivity contribution < 1.29 is 9.18 Å². The van der Waals surface area contributed by atoms with Crippen LogP contribution >= 0.6 is 27.5 Å². The largest absolute Gasteiger partial charge is 0.343 e. The van der Waals surface area contributed by atoms with Crippen molar-refractivity contribution in [1.29, 1.82) is 0 Å². The molecule has 0 saturated carbocycles. The van der Waals surface area contributed by atoms with Crippen LogP contribution in [0.25, 0.3) is 22.2 Å². The molecule has 0 bridgehead atoms. The first kappa shape index (κ1) is 19.2. The van der Waals surface area contributed by atoms with E-state index in [9.17, 15) is 9.18 Å². The van der Waals surface area contributed by atoms with E-state index in [1.54, 1.807) is 26.2 Å². The van der Waals surface area contributed by atoms with E-state index in [1.807, 2.05) is 4.68 Å². The normalized spacial score (nSPS) is 14.0. The Kier molecular flexibility index (Phi) is 5.07. The van der Waals surface area contributed by atoms with Gasteiger partial charge in [0.05, 0.1) is 21.4 Å². The zero-order valence-electron chi connectivity index (χ0n) is 15.3. The molecule has 10 heteroatoms. The van der Waals surface area contributed by atoms with E-state index in [0.717, 1.165) is 18.7 Å². The minimum absolute atomic E-state index is 0.0918. The average Bonchev–Trinajstić information content (AvgIpc) is 2.85. The van der Waals surface area contributed by atoms with Crippen molar-refractivity contribution in [3.05, 3.63) is 39.1 Å². The van der Waals surface area contributed by atoms with Crippen molar-refractivity contribution >= 4 is 44.3 Å². The van der Waals surface area contributed by atoms with E-state index in [2.05, 4.69) is 36.3 Å². The molecule has 2 aromatic heterocycles. The van der Waals surface area contributed by atoms with E-state index >= 15 is 0 Å². The number of aromatic nitrogens is 4. The lowest BCUT2D eigenvalue weighted by atomic mass is 10.0. The maximum Gasteiger partial charge on any atom is 0.274 e. The molecule has 7 nitrogen and oxygen atoms in total. The lowest BCUT2D eigenvalue weighted by Gasteiger charge is -2.12. The number of nitrogens with zero attached hydrogens (tertiary/aromatic N) is 5. The molecule has 3 aromatic rings. The molecule has 28 heavy (non-hydrogen) atoms. The van der Waals surface area contributed by atoms with E-state index in [1.165, 1.54) is 4.90 Å². The molecule has 4 rings (SSSR count). The molecular formula is C18H17BrClFN6O. The van der Waals surface area contributed by atoms with E-state index < -0.39 is 5.82 Å². The maximum absolute atomic E-state index is 14.7. The quantitative estimate of drug-likeness (QED) is 0.586. The Morgan fingerprint density at radius 2 is 2.14 bits per heavy atom. The monoisotopic (exact) mass is 466 g/mol. The molecule has 0 saturated heterocycles. The number of hydrogen-bond acceptors (Lipinski definition) is 5. The fourth-order valence-electron chi connectivity index (χ4n) is 3.33. The van der Waals surface area contributed by atoms with E-state index in [0.29, 0.717) is 29.7 Å². The highest BCUT2D eigenvalue weighted by molar-refractivity contribution is 9.10. The van der Waals surface area contributed by atoms with Crippen LogP contribution in [0.3, 0.4) is 0 Å². The van der Waals surface area contributed by atoms with Gasteiger partial charge in [0, 0.05) is 32.6 Å². The van der Waals surface area contributed by atoms with Crippen LogP contribution in [0.5, 0.6) is 0 Å². The summed E-state index contributed by atoms with van der Waals surface area (Å²) in [5, 5.41) is 8.28. The molecule has 0 fully saturated rings. The Hall–Kier alpha value is -2.10. The summed E-state index contributed by atoms with van der Waals surface area (Å²) >= 11 is 9.31. The minimum Gasteiger partial charge on any atom is -0.343 e. The third-order valence-corrected chi connectivity index (χ3v) is 5.43. The van der Waals surface area contributed by atoms with Gasteiger partial charge >= 0.3 is 0 Å². The molecule has 1 aromatic carbocycles. The first-order chi connectivity index (χ1) is 13.4. The van der Waals surface area contributed by atoms with Crippen molar-refractivity contribution in [1.82, 2.24) is 30.0 Å². The van der Waals surface area contributed by atoms with Gasteiger partial charge < -0.3 is 10.2 Å². The molecule has 0 atom stereocenters. The second-order valence-electron chi connectivity index (χ2n) is 6.72. The zero-order chi connectivity index (χ0) is 20.0. The van der Waals surface area contributed by atoms with Crippen molar-refractivity contribution in [3.63, 3.8) is 0 Å². The second-order valence-corrected chi connectivity index (χ2v) is 7.91. The van der Waals surface area contributed by atoms with Crippen molar-refractivity contribution in [2.24, 2.45) is 0 Å². The predicted octanol–water partition coefficient (Wildman–Crippen LogP) is 3.24. The number of halogens is 3. The molecule has 3 heterocycles. The number of fused-ring (bicyclic) bond motifs is 2. The van der Waals surface area contributed by atoms with Crippen molar-refractivity contribution in [2.75, 3.05) is 20.6 Å². The third kappa shape index (κ3) is 3.17. The summed E-state index contributed by atoms with van der Waals surface area (Å²) in [7, 11) is 3.33. The first-order valence-corrected chi connectivity index (χ1v) is 9.89. The Bertz CT molecular complexity index is 1100. The van der Waals surface area contributed by atoms with Gasteiger partial charge in [0.2, 0.25) is 5.28 Å². The van der Waals surface area contributed by atoms with Gasteiger partial charge in [0.15, 0.2) is 11.5 Å². The highest BCUT2D eigenvalue weighted by Gasteiger charge is 2.29. The maximum atomic E-state index is 14.7. The molecule has 0 radical (unpaired) electrons. The van der Waals surface area contributed by atoms with Crippen molar-refractivity contribution in [2.45, 2.75) is 19.5 Å². The SMILES string of the molecule is CN(C)C(=O)c1nn2c(c1-c1nc(Cl)nc3c(F)c(Br)ccc13)CNCCC2. The predicted molar refractivity (Wildman–Crippen MR) is 108 cm³/mol. The number of carbonyl (C=O) groups excluding carboxylic acids is 1. The smallest absolute Gasteiger partial charge is 0.274 e. The lowest BCUT2D eigenvalue weighted by molar-refractivity contribution is 0.0821. The van der Waals surface area contributed by atoms with E-state index in [-0.39, 0.29) is 26.9 Å². The zero-order valence-corrected chi connectivity index (χ0v) is 17.6. The summed E-state index contributed by atoms with van der Waals surface area (Å²) in [6, 6.07) is 3.30. The Morgan fingerprint density at radius 3 is 2.89 bits per heavy atom. The first-order valence-electron chi connectivity index (χ1n) is 8.72. The Balaban J connectivity index is 2.08. The Labute approximate surface area is 174 Å². The van der Waals surface area contributed by atoms with Gasteiger partial charge in [-0.25, -0.2) is 14.4 Å². The Morgan fingerprint density at radius 1 is 1.36 bits per heavy atom. The van der Waals surface area contributed by atoms with E-state index in [4.69, 9.17) is 11.6 Å². The van der Waals surface area contributed by atoms with Gasteiger partial charge in [0.25, 0.3) is 5.91 Å². The van der Waals surface area contributed by atoms with Crippen LogP contribution in [0.1, 0.15) is 22.6 Å². The molecule has 0 aliphatic carbocycles. The average molecular weight is 468 g/mol. The molecule has 1 aliphatic rings. The molecular weight excluding hydrogens is 451 g/mol. The second kappa shape index (κ2) is 7.38. The summed E-state index contributed by atoms with van der Waals surface area (Å²) in [6.07, 6.45) is 0.885. The van der Waals surface area contributed by atoms with Gasteiger partial charge in [0.1, 0.15) is 5.52 Å². The third-order valence-electron chi connectivity index (χ3n) is 4.65. The number of hydrogen-bond donors (Lipinski definition) is 1. The number of benzene rings is 1. The highest BCUT2D eigenvalue weighted by Crippen LogP contribution is 2.36. The molecule has 1 N–H and O–H groups in total. The van der Waals surface area contributed by atoms with Crippen LogP contribution in [0, 0.1) is 5.82 Å². The van der Waals surface area contributed by atoms with Crippen LogP contribution in [-0.4, -0.2) is 51.2 Å². The van der Waals surface area contributed by atoms with Crippen LogP contribution in [0.15, 0.2) is 16.6 Å². The number of aryl methyl sites for hydroxylation is 1. The topological polar surface area (TPSA) is 75.9 Å². The molecule has 0 spiro atoms.